The fourth-order valence-corrected chi connectivity index (χ4v) is 1.02. The maximum absolute atomic E-state index is 4.86. The molecule has 2 heteroatoms. The highest BCUT2D eigenvalue weighted by atomic mass is 16.6. The van der Waals surface area contributed by atoms with E-state index in [2.05, 4.69) is 4.84 Å². The van der Waals surface area contributed by atoms with Crippen LogP contribution in [0.25, 0.3) is 0 Å². The molecule has 54 valence electrons. The second-order valence-corrected chi connectivity index (χ2v) is 2.81. The second kappa shape index (κ2) is 3.85. The summed E-state index contributed by atoms with van der Waals surface area (Å²) in [4.78, 5) is 4.44. The second-order valence-electron chi connectivity index (χ2n) is 2.81. The van der Waals surface area contributed by atoms with Gasteiger partial charge < -0.3 is 4.84 Å². The van der Waals surface area contributed by atoms with Crippen LogP contribution in [0.2, 0.25) is 0 Å². The highest BCUT2D eigenvalue weighted by Gasteiger charge is 2.19. The van der Waals surface area contributed by atoms with E-state index < -0.39 is 0 Å². The molecule has 1 saturated carbocycles. The molecule has 0 saturated heterocycles. The first-order valence-electron chi connectivity index (χ1n) is 3.75. The van der Waals surface area contributed by atoms with E-state index >= 15 is 0 Å². The Bertz CT molecular complexity index is 71.3. The Morgan fingerprint density at radius 3 is 2.67 bits per heavy atom. The molecular weight excluding hydrogens is 114 g/mol. The Morgan fingerprint density at radius 2 is 2.11 bits per heavy atom. The van der Waals surface area contributed by atoms with Crippen LogP contribution >= 0.6 is 0 Å². The molecule has 1 rings (SSSR count). The summed E-state index contributed by atoms with van der Waals surface area (Å²) in [5.74, 6) is 5.92. The van der Waals surface area contributed by atoms with E-state index in [-0.39, 0.29) is 0 Å². The van der Waals surface area contributed by atoms with Crippen molar-refractivity contribution in [1.82, 2.24) is 0 Å². The van der Waals surface area contributed by atoms with E-state index in [1.165, 1.54) is 25.7 Å². The molecule has 1 aliphatic carbocycles. The van der Waals surface area contributed by atoms with Gasteiger partial charge in [0.2, 0.25) is 0 Å². The molecule has 2 N–H and O–H groups in total. The van der Waals surface area contributed by atoms with Gasteiger partial charge in [-0.2, -0.15) is 0 Å². The predicted molar refractivity (Wildman–Crippen MR) is 36.7 cm³/mol. The van der Waals surface area contributed by atoms with Crippen molar-refractivity contribution in [3.63, 3.8) is 0 Å². The summed E-state index contributed by atoms with van der Waals surface area (Å²) in [5.41, 5.74) is 0. The van der Waals surface area contributed by atoms with Gasteiger partial charge in [0, 0.05) is 0 Å². The van der Waals surface area contributed by atoms with Gasteiger partial charge in [-0.25, -0.2) is 5.90 Å². The van der Waals surface area contributed by atoms with Crippen molar-refractivity contribution in [2.45, 2.75) is 32.1 Å². The van der Waals surface area contributed by atoms with Gasteiger partial charge in [0.15, 0.2) is 0 Å². The van der Waals surface area contributed by atoms with Crippen LogP contribution in [0.4, 0.5) is 0 Å². The predicted octanol–water partition coefficient (Wildman–Crippen LogP) is 1.46. The molecule has 0 aromatic rings. The molecule has 0 aromatic carbocycles. The van der Waals surface area contributed by atoms with Gasteiger partial charge in [0.05, 0.1) is 6.61 Å². The van der Waals surface area contributed by atoms with Gasteiger partial charge in [-0.1, -0.05) is 25.7 Å². The topological polar surface area (TPSA) is 35.2 Å². The number of hydrogen-bond acceptors (Lipinski definition) is 2. The average Bonchev–Trinajstić information content (AvgIpc) is 2.63. The molecule has 9 heavy (non-hydrogen) atoms. The van der Waals surface area contributed by atoms with E-state index in [0.717, 1.165) is 18.9 Å². The standard InChI is InChI=1S/C7H15NO/c8-9-6-2-1-3-7-4-5-7/h7H,1-6,8H2. The molecule has 0 aliphatic heterocycles. The molecule has 1 aliphatic rings. The van der Waals surface area contributed by atoms with Crippen molar-refractivity contribution in [2.75, 3.05) is 6.61 Å². The summed E-state index contributed by atoms with van der Waals surface area (Å²) in [5, 5.41) is 0. The van der Waals surface area contributed by atoms with Gasteiger partial charge in [0.25, 0.3) is 0 Å². The average molecular weight is 129 g/mol. The zero-order valence-corrected chi connectivity index (χ0v) is 5.81. The van der Waals surface area contributed by atoms with Crippen molar-refractivity contribution >= 4 is 0 Å². The Morgan fingerprint density at radius 1 is 1.33 bits per heavy atom. The number of unbranched alkanes of at least 4 members (excludes halogenated alkanes) is 1. The van der Waals surface area contributed by atoms with Gasteiger partial charge in [-0.15, -0.1) is 0 Å². The zero-order valence-electron chi connectivity index (χ0n) is 5.81. The highest BCUT2D eigenvalue weighted by Crippen LogP contribution is 2.33. The van der Waals surface area contributed by atoms with Crippen LogP contribution in [0.5, 0.6) is 0 Å². The lowest BCUT2D eigenvalue weighted by atomic mass is 10.2. The van der Waals surface area contributed by atoms with Crippen LogP contribution in [-0.4, -0.2) is 6.61 Å². The first kappa shape index (κ1) is 7.03. The van der Waals surface area contributed by atoms with E-state index in [0.29, 0.717) is 0 Å². The van der Waals surface area contributed by atoms with Crippen LogP contribution in [-0.2, 0) is 4.84 Å². The van der Waals surface area contributed by atoms with Crippen LogP contribution in [0.1, 0.15) is 32.1 Å². The lowest BCUT2D eigenvalue weighted by Gasteiger charge is -1.95. The van der Waals surface area contributed by atoms with Gasteiger partial charge in [-0.3, -0.25) is 0 Å². The quantitative estimate of drug-likeness (QED) is 0.450. The maximum Gasteiger partial charge on any atom is 0.0679 e. The Balaban J connectivity index is 1.71. The van der Waals surface area contributed by atoms with Crippen molar-refractivity contribution < 1.29 is 4.84 Å². The number of nitrogens with two attached hydrogens (primary N) is 1. The first-order valence-corrected chi connectivity index (χ1v) is 3.75. The molecule has 0 unspecified atom stereocenters. The van der Waals surface area contributed by atoms with Crippen LogP contribution < -0.4 is 5.90 Å². The molecule has 2 nitrogen and oxygen atoms in total. The lowest BCUT2D eigenvalue weighted by molar-refractivity contribution is 0.133. The molecule has 0 atom stereocenters. The fourth-order valence-electron chi connectivity index (χ4n) is 1.02. The number of rotatable bonds is 5. The Labute approximate surface area is 56.3 Å². The molecule has 0 radical (unpaired) electrons. The van der Waals surface area contributed by atoms with E-state index in [4.69, 9.17) is 5.90 Å². The molecule has 0 bridgehead atoms. The zero-order chi connectivity index (χ0) is 6.53. The summed E-state index contributed by atoms with van der Waals surface area (Å²) in [6, 6.07) is 0. The summed E-state index contributed by atoms with van der Waals surface area (Å²) in [6.45, 7) is 0.729. The van der Waals surface area contributed by atoms with Gasteiger partial charge >= 0.3 is 0 Å². The first-order chi connectivity index (χ1) is 4.43. The minimum atomic E-state index is 0.729. The van der Waals surface area contributed by atoms with E-state index in [1.807, 2.05) is 0 Å². The van der Waals surface area contributed by atoms with Crippen LogP contribution in [0.15, 0.2) is 0 Å². The summed E-state index contributed by atoms with van der Waals surface area (Å²) in [6.07, 6.45) is 6.74. The maximum atomic E-state index is 4.86. The monoisotopic (exact) mass is 129 g/mol. The van der Waals surface area contributed by atoms with Crippen LogP contribution in [0.3, 0.4) is 0 Å². The Kier molecular flexibility index (Phi) is 3.01. The van der Waals surface area contributed by atoms with Crippen molar-refractivity contribution in [1.29, 1.82) is 0 Å². The molecule has 0 amide bonds. The van der Waals surface area contributed by atoms with Gasteiger partial charge in [-0.05, 0) is 12.3 Å². The van der Waals surface area contributed by atoms with E-state index in [9.17, 15) is 0 Å². The van der Waals surface area contributed by atoms with Gasteiger partial charge in [0.1, 0.15) is 0 Å². The molecule has 0 heterocycles. The molecule has 0 aromatic heterocycles. The van der Waals surface area contributed by atoms with E-state index in [1.54, 1.807) is 0 Å². The van der Waals surface area contributed by atoms with Crippen molar-refractivity contribution in [2.24, 2.45) is 11.8 Å². The van der Waals surface area contributed by atoms with Crippen molar-refractivity contribution in [3.8, 4) is 0 Å². The van der Waals surface area contributed by atoms with Crippen molar-refractivity contribution in [3.05, 3.63) is 0 Å². The molecule has 1 fully saturated rings. The minimum Gasteiger partial charge on any atom is -0.305 e. The largest absolute Gasteiger partial charge is 0.305 e. The smallest absolute Gasteiger partial charge is 0.0679 e. The molecule has 0 spiro atoms. The highest BCUT2D eigenvalue weighted by molar-refractivity contribution is 4.72. The van der Waals surface area contributed by atoms with Crippen LogP contribution in [0, 0.1) is 5.92 Å². The summed E-state index contributed by atoms with van der Waals surface area (Å²) in [7, 11) is 0. The number of hydrogen-bond donors (Lipinski definition) is 1. The fraction of sp³-hybridized carbons (Fsp3) is 1.00. The minimum absolute atomic E-state index is 0.729. The lowest BCUT2D eigenvalue weighted by Crippen LogP contribution is -2.00. The third-order valence-corrected chi connectivity index (χ3v) is 1.82. The third-order valence-electron chi connectivity index (χ3n) is 1.82. The Hall–Kier alpha value is -0.0800. The summed E-state index contributed by atoms with van der Waals surface area (Å²) < 4.78 is 0. The summed E-state index contributed by atoms with van der Waals surface area (Å²) >= 11 is 0. The normalized spacial score (nSPS) is 18.3. The third kappa shape index (κ3) is 3.49. The molecular formula is C7H15NO. The SMILES string of the molecule is NOCCCCC1CC1.